The number of nitrogens with two attached hydrogens (primary N) is 1. The lowest BCUT2D eigenvalue weighted by Crippen LogP contribution is -2.46. The SMILES string of the molecule is CC#Cc1ccc(-c2ccc(C(=O)C3CCC4CC35CC(C3C#Cc6c(cc(O)cc6NCC(C)(O)Cc6cccc(c6Cc6cnc[nH]6)C3)CC4N=C(N)NC3CCCCC3)C3(CCC(CNC)C3CO)C5)s2)s1. The van der Waals surface area contributed by atoms with Crippen LogP contribution in [0.1, 0.15) is 139 Å². The summed E-state index contributed by atoms with van der Waals surface area (Å²) in [6, 6.07) is 18.6. The average molecular weight is 1050 g/mol. The summed E-state index contributed by atoms with van der Waals surface area (Å²) in [6.45, 7) is 4.86. The maximum absolute atomic E-state index is 15.9. The van der Waals surface area contributed by atoms with Crippen molar-refractivity contribution in [2.45, 2.75) is 134 Å². The minimum atomic E-state index is -1.17. The molecule has 10 atom stereocenters. The molecule has 0 radical (unpaired) electrons. The maximum Gasteiger partial charge on any atom is 0.189 e. The molecule has 5 aliphatic carbocycles. The van der Waals surface area contributed by atoms with Crippen LogP contribution in [0.5, 0.6) is 5.75 Å². The Kier molecular flexibility index (Phi) is 14.8. The highest BCUT2D eigenvalue weighted by Gasteiger charge is 2.66. The largest absolute Gasteiger partial charge is 0.508 e. The van der Waals surface area contributed by atoms with Gasteiger partial charge in [-0.3, -0.25) is 4.79 Å². The molecule has 4 saturated carbocycles. The molecule has 5 aromatic rings. The van der Waals surface area contributed by atoms with Crippen LogP contribution in [0, 0.1) is 70.0 Å². The zero-order valence-electron chi connectivity index (χ0n) is 43.9. The smallest absolute Gasteiger partial charge is 0.189 e. The topological polar surface area (TPSA) is 181 Å². The Labute approximate surface area is 451 Å². The molecule has 2 aromatic carbocycles. The molecule has 3 aromatic heterocycles. The van der Waals surface area contributed by atoms with Gasteiger partial charge in [0.05, 0.1) is 39.0 Å². The number of phenolic OH excluding ortho intramolecular Hbond substituents is 1. The molecular weight excluding hydrogens is 971 g/mol. The first kappa shape index (κ1) is 51.7. The van der Waals surface area contributed by atoms with E-state index < -0.39 is 11.0 Å². The first-order valence-corrected chi connectivity index (χ1v) is 29.4. The number of carbonyl (C=O) groups excluding carboxylic acids is 1. The number of carbonyl (C=O) groups is 1. The van der Waals surface area contributed by atoms with Crippen molar-refractivity contribution in [1.82, 2.24) is 20.6 Å². The normalized spacial score (nSPS) is 30.6. The van der Waals surface area contributed by atoms with Crippen LogP contribution in [0.15, 0.2) is 72.1 Å². The van der Waals surface area contributed by atoms with Gasteiger partial charge in [-0.2, -0.15) is 0 Å². The molecule has 0 amide bonds. The molecule has 7 bridgehead atoms. The zero-order valence-corrected chi connectivity index (χ0v) is 45.6. The van der Waals surface area contributed by atoms with Crippen LogP contribution >= 0.6 is 22.7 Å². The third-order valence-corrected chi connectivity index (χ3v) is 21.1. The van der Waals surface area contributed by atoms with Crippen molar-refractivity contribution in [3.63, 3.8) is 0 Å². The number of guanidine groups is 1. The number of hydrogen-bond acceptors (Lipinski definition) is 10. The average Bonchev–Trinajstić information content (AvgIpc) is 4.30. The summed E-state index contributed by atoms with van der Waals surface area (Å²) in [5, 5.41) is 46.7. The summed E-state index contributed by atoms with van der Waals surface area (Å²) in [5.74, 6) is 14.9. The number of aromatic hydroxyl groups is 1. The number of aliphatic hydroxyl groups is 2. The fourth-order valence-corrected chi connectivity index (χ4v) is 17.6. The van der Waals surface area contributed by atoms with Gasteiger partial charge in [-0.1, -0.05) is 55.2 Å². The van der Waals surface area contributed by atoms with E-state index in [1.807, 2.05) is 33.2 Å². The van der Waals surface area contributed by atoms with Crippen LogP contribution in [0.4, 0.5) is 5.69 Å². The van der Waals surface area contributed by atoms with Gasteiger partial charge < -0.3 is 42.0 Å². The van der Waals surface area contributed by atoms with Crippen LogP contribution in [0.25, 0.3) is 9.75 Å². The van der Waals surface area contributed by atoms with Crippen LogP contribution in [-0.4, -0.2) is 81.5 Å². The number of aliphatic hydroxyl groups excluding tert-OH is 1. The number of nitrogens with zero attached hydrogens (tertiary/aromatic N) is 2. The van der Waals surface area contributed by atoms with Crippen molar-refractivity contribution < 1.29 is 20.1 Å². The second kappa shape index (κ2) is 21.5. The highest BCUT2D eigenvalue weighted by atomic mass is 32.1. The van der Waals surface area contributed by atoms with Gasteiger partial charge >= 0.3 is 0 Å². The van der Waals surface area contributed by atoms with E-state index in [-0.39, 0.29) is 77.7 Å². The highest BCUT2D eigenvalue weighted by Crippen LogP contribution is 2.71. The summed E-state index contributed by atoms with van der Waals surface area (Å²) >= 11 is 3.28. The van der Waals surface area contributed by atoms with E-state index in [1.54, 1.807) is 35.1 Å². The number of Topliss-reactive ketones (excluding diaryl/α,β-unsaturated/α-hetero) is 1. The molecule has 1 aliphatic heterocycles. The van der Waals surface area contributed by atoms with Crippen molar-refractivity contribution >= 4 is 40.1 Å². The number of aromatic amines is 1. The molecule has 11 rings (SSSR count). The number of benzene rings is 2. The summed E-state index contributed by atoms with van der Waals surface area (Å²) in [5.41, 5.74) is 12.0. The molecule has 10 unspecified atom stereocenters. The number of phenols is 1. The summed E-state index contributed by atoms with van der Waals surface area (Å²) in [4.78, 5) is 33.2. The van der Waals surface area contributed by atoms with Gasteiger partial charge in [0.25, 0.3) is 0 Å². The number of hydrogen-bond donors (Lipinski definition) is 8. The van der Waals surface area contributed by atoms with Crippen molar-refractivity contribution in [3.05, 3.63) is 110 Å². The van der Waals surface area contributed by atoms with Gasteiger partial charge in [0, 0.05) is 71.6 Å². The van der Waals surface area contributed by atoms with E-state index in [2.05, 4.69) is 92.1 Å². The third-order valence-electron chi connectivity index (χ3n) is 18.8. The first-order valence-electron chi connectivity index (χ1n) is 27.8. The number of ketones is 1. The Morgan fingerprint density at radius 3 is 2.63 bits per heavy atom. The van der Waals surface area contributed by atoms with E-state index >= 15 is 4.79 Å². The highest BCUT2D eigenvalue weighted by molar-refractivity contribution is 7.23. The predicted octanol–water partition coefficient (Wildman–Crippen LogP) is 9.88. The number of aromatic nitrogens is 2. The van der Waals surface area contributed by atoms with Crippen LogP contribution in [0.2, 0.25) is 0 Å². The first-order chi connectivity index (χ1) is 36.4. The second-order valence-corrected chi connectivity index (χ2v) is 25.8. The standard InChI is InChI=1S/C62H75N7O4S2/c1-4-9-47-16-19-55(74-47)56-20-21-57(75-56)58(72)50-18-15-41-30-61(50)31-51(62(35-61)23-22-42(32-64-3)52(62)34-70)39-14-17-48-43(26-53(41)69-59(63)68-44-12-6-5-7-13-44)25-46(71)28-54(48)66-36-60(2,73)29-40-11-8-10-38(24-39)49(40)27-45-33-65-37-67-45/h8,10-11,16,19-21,25,28,33,37,39,41-42,44,50-53,64,66,70-71,73H,5-7,12-13,15,18,22-24,26-27,29-32,34-36H2,1-3H3,(H,65,67)(H3,63,68,69). The second-order valence-electron chi connectivity index (χ2n) is 23.6. The Balaban J connectivity index is 1.11. The summed E-state index contributed by atoms with van der Waals surface area (Å²) in [6.07, 6.45) is 17.4. The maximum atomic E-state index is 15.9. The molecule has 75 heavy (non-hydrogen) atoms. The quantitative estimate of drug-likeness (QED) is 0.0292. The Morgan fingerprint density at radius 1 is 1.00 bits per heavy atom. The van der Waals surface area contributed by atoms with Crippen molar-refractivity contribution in [2.24, 2.45) is 57.1 Å². The molecule has 6 aliphatic rings. The zero-order chi connectivity index (χ0) is 51.9. The molecule has 9 N–H and O–H groups in total. The number of thiophene rings is 2. The molecule has 4 fully saturated rings. The summed E-state index contributed by atoms with van der Waals surface area (Å²) in [7, 11) is 2.02. The number of H-pyrrole nitrogens is 1. The predicted molar refractivity (Wildman–Crippen MR) is 302 cm³/mol. The van der Waals surface area contributed by atoms with Crippen molar-refractivity contribution in [2.75, 3.05) is 32.1 Å². The lowest BCUT2D eigenvalue weighted by atomic mass is 9.57. The Bertz CT molecular complexity index is 3040. The molecule has 2 spiro atoms. The van der Waals surface area contributed by atoms with Gasteiger partial charge in [0.2, 0.25) is 0 Å². The van der Waals surface area contributed by atoms with Gasteiger partial charge in [-0.15, -0.1) is 28.6 Å². The Morgan fingerprint density at radius 2 is 1.83 bits per heavy atom. The van der Waals surface area contributed by atoms with Crippen LogP contribution < -0.4 is 21.7 Å². The van der Waals surface area contributed by atoms with E-state index in [4.69, 9.17) is 10.7 Å². The molecular formula is C62H75N7O4S2. The lowest BCUT2D eigenvalue weighted by molar-refractivity contribution is 0.0169. The van der Waals surface area contributed by atoms with Crippen molar-refractivity contribution in [3.8, 4) is 39.2 Å². The minimum absolute atomic E-state index is 0.00561. The number of nitrogens with one attached hydrogen (secondary N) is 4. The van der Waals surface area contributed by atoms with E-state index in [0.29, 0.717) is 37.3 Å². The molecule has 394 valence electrons. The van der Waals surface area contributed by atoms with Crippen LogP contribution in [-0.2, 0) is 25.7 Å². The van der Waals surface area contributed by atoms with Gasteiger partial charge in [0.15, 0.2) is 11.7 Å². The molecule has 13 heteroatoms. The number of imidazole rings is 1. The monoisotopic (exact) mass is 1050 g/mol. The van der Waals surface area contributed by atoms with Gasteiger partial charge in [-0.25, -0.2) is 9.98 Å². The van der Waals surface area contributed by atoms with E-state index in [9.17, 15) is 15.3 Å². The number of fused-ring (bicyclic) bond motifs is 7. The van der Waals surface area contributed by atoms with Crippen molar-refractivity contribution in [1.29, 1.82) is 0 Å². The Hall–Kier alpha value is -5.41. The van der Waals surface area contributed by atoms with E-state index in [1.165, 1.54) is 30.4 Å². The molecule has 0 saturated heterocycles. The number of β-amino-alcohol motifs (C(OH)–C–C–N with tert-alkyl or cyclic N) is 1. The van der Waals surface area contributed by atoms with Crippen LogP contribution in [0.3, 0.4) is 0 Å². The number of anilines is 1. The third kappa shape index (κ3) is 10.5. The minimum Gasteiger partial charge on any atom is -0.508 e. The lowest BCUT2D eigenvalue weighted by Gasteiger charge is -2.47. The van der Waals surface area contributed by atoms with Gasteiger partial charge in [0.1, 0.15) is 5.75 Å². The molecule has 4 heterocycles. The van der Waals surface area contributed by atoms with E-state index in [0.717, 1.165) is 106 Å². The fraction of sp³-hybridized carbons (Fsp3) is 0.532. The van der Waals surface area contributed by atoms with Gasteiger partial charge in [-0.05, 0) is 185 Å². The summed E-state index contributed by atoms with van der Waals surface area (Å²) < 4.78 is 0. The fourth-order valence-electron chi connectivity index (χ4n) is 15.6. The number of aliphatic imine (C=N–C) groups is 1. The molecule has 11 nitrogen and oxygen atoms in total. The number of rotatable bonds is 10.